The van der Waals surface area contributed by atoms with E-state index in [2.05, 4.69) is 5.16 Å². The maximum Gasteiger partial charge on any atom is 0.156 e. The molecular formula is C22H29Cl4NO4. The lowest BCUT2D eigenvalue weighted by Gasteiger charge is -2.18. The van der Waals surface area contributed by atoms with Gasteiger partial charge in [0.05, 0.1) is 29.5 Å². The van der Waals surface area contributed by atoms with Crippen molar-refractivity contribution in [1.82, 2.24) is 0 Å². The fourth-order valence-corrected chi connectivity index (χ4v) is 3.78. The average molecular weight is 513 g/mol. The lowest BCUT2D eigenvalue weighted by Crippen LogP contribution is -2.14. The Balaban J connectivity index is 1.52. The monoisotopic (exact) mass is 511 g/mol. The minimum absolute atomic E-state index is 0.138. The molecule has 0 heterocycles. The highest BCUT2D eigenvalue weighted by Crippen LogP contribution is 2.37. The van der Waals surface area contributed by atoms with Crippen LogP contribution in [0.1, 0.15) is 51.4 Å². The number of benzene rings is 1. The second-order valence-electron chi connectivity index (χ2n) is 7.16. The highest BCUT2D eigenvalue weighted by molar-refractivity contribution is 6.55. The predicted octanol–water partition coefficient (Wildman–Crippen LogP) is 7.59. The molecule has 1 fully saturated rings. The van der Waals surface area contributed by atoms with Crippen molar-refractivity contribution >= 4 is 52.6 Å². The van der Waals surface area contributed by atoms with Gasteiger partial charge in [-0.05, 0) is 51.0 Å². The van der Waals surface area contributed by atoms with E-state index in [1.165, 1.54) is 25.3 Å². The van der Waals surface area contributed by atoms with E-state index >= 15 is 0 Å². The minimum Gasteiger partial charge on any atom is -0.490 e. The van der Waals surface area contributed by atoms with E-state index in [1.54, 1.807) is 18.3 Å². The minimum atomic E-state index is 0.138. The van der Waals surface area contributed by atoms with Crippen molar-refractivity contribution in [3.63, 3.8) is 0 Å². The lowest BCUT2D eigenvalue weighted by atomic mass is 9.98. The highest BCUT2D eigenvalue weighted by atomic mass is 35.5. The number of ether oxygens (including phenoxy) is 3. The van der Waals surface area contributed by atoms with Crippen molar-refractivity contribution in [3.8, 4) is 11.5 Å². The topological polar surface area (TPSA) is 49.3 Å². The predicted molar refractivity (Wildman–Crippen MR) is 128 cm³/mol. The molecule has 0 radical (unpaired) electrons. The second kappa shape index (κ2) is 15.9. The highest BCUT2D eigenvalue weighted by Gasteiger charge is 2.13. The summed E-state index contributed by atoms with van der Waals surface area (Å²) in [5.74, 6) is 0.963. The lowest BCUT2D eigenvalue weighted by molar-refractivity contribution is 0.0323. The zero-order chi connectivity index (χ0) is 22.3. The van der Waals surface area contributed by atoms with Crippen LogP contribution in [-0.2, 0) is 9.57 Å². The molecule has 1 aromatic rings. The third kappa shape index (κ3) is 11.5. The molecule has 2 rings (SSSR count). The van der Waals surface area contributed by atoms with E-state index in [1.807, 2.05) is 0 Å². The summed E-state index contributed by atoms with van der Waals surface area (Å²) in [4.78, 5) is 5.47. The summed E-state index contributed by atoms with van der Waals surface area (Å²) in [6.45, 7) is 1.87. The fourth-order valence-electron chi connectivity index (χ4n) is 3.08. The largest absolute Gasteiger partial charge is 0.490 e. The molecule has 0 unspecified atom stereocenters. The van der Waals surface area contributed by atoms with Gasteiger partial charge in [0.15, 0.2) is 5.75 Å². The standard InChI is InChI=1S/C22H29Cl4NO4/c23-19-15-18(29-13-9-21(25)26)16-20(24)22(19)30-12-6-2-5-11-28-14-10-27-31-17-7-3-1-4-8-17/h9-10,15-17H,1-8,11-14H2. The van der Waals surface area contributed by atoms with Gasteiger partial charge in [0.25, 0.3) is 0 Å². The van der Waals surface area contributed by atoms with Crippen LogP contribution in [0.25, 0.3) is 0 Å². The molecule has 1 aliphatic carbocycles. The second-order valence-corrected chi connectivity index (χ2v) is 8.98. The summed E-state index contributed by atoms with van der Waals surface area (Å²) in [7, 11) is 0. The number of nitrogens with zero attached hydrogens (tertiary/aromatic N) is 1. The Morgan fingerprint density at radius 3 is 2.35 bits per heavy atom. The Morgan fingerprint density at radius 2 is 1.65 bits per heavy atom. The molecule has 1 aliphatic rings. The van der Waals surface area contributed by atoms with Crippen molar-refractivity contribution in [2.24, 2.45) is 5.16 Å². The van der Waals surface area contributed by atoms with E-state index in [9.17, 15) is 0 Å². The van der Waals surface area contributed by atoms with E-state index in [0.29, 0.717) is 41.4 Å². The summed E-state index contributed by atoms with van der Waals surface area (Å²) in [5.41, 5.74) is 0. The smallest absolute Gasteiger partial charge is 0.156 e. The Bertz CT molecular complexity index is 682. The van der Waals surface area contributed by atoms with Gasteiger partial charge in [-0.15, -0.1) is 0 Å². The molecule has 0 aliphatic heterocycles. The Morgan fingerprint density at radius 1 is 0.935 bits per heavy atom. The molecular weight excluding hydrogens is 484 g/mol. The van der Waals surface area contributed by atoms with Crippen LogP contribution in [0.15, 0.2) is 27.9 Å². The molecule has 9 heteroatoms. The molecule has 0 spiro atoms. The maximum absolute atomic E-state index is 6.25. The van der Waals surface area contributed by atoms with Crippen LogP contribution < -0.4 is 9.47 Å². The van der Waals surface area contributed by atoms with Gasteiger partial charge in [-0.2, -0.15) is 0 Å². The third-order valence-electron chi connectivity index (χ3n) is 4.67. The van der Waals surface area contributed by atoms with Gasteiger partial charge >= 0.3 is 0 Å². The molecule has 1 saturated carbocycles. The fraction of sp³-hybridized carbons (Fsp3) is 0.591. The van der Waals surface area contributed by atoms with Crippen molar-refractivity contribution in [2.45, 2.75) is 57.5 Å². The van der Waals surface area contributed by atoms with Crippen molar-refractivity contribution in [3.05, 3.63) is 32.7 Å². The number of hydrogen-bond acceptors (Lipinski definition) is 5. The van der Waals surface area contributed by atoms with E-state index in [0.717, 1.165) is 32.1 Å². The van der Waals surface area contributed by atoms with Gasteiger partial charge < -0.3 is 19.0 Å². The first kappa shape index (κ1) is 26.4. The van der Waals surface area contributed by atoms with Gasteiger partial charge in [0.1, 0.15) is 23.0 Å². The van der Waals surface area contributed by atoms with Crippen LogP contribution in [0.4, 0.5) is 0 Å². The molecule has 0 saturated heterocycles. The first-order valence-corrected chi connectivity index (χ1v) is 12.1. The number of oxime groups is 1. The van der Waals surface area contributed by atoms with Gasteiger partial charge in [0.2, 0.25) is 0 Å². The molecule has 1 aromatic carbocycles. The molecule has 0 bridgehead atoms. The molecule has 31 heavy (non-hydrogen) atoms. The number of rotatable bonds is 14. The van der Waals surface area contributed by atoms with Crippen molar-refractivity contribution in [1.29, 1.82) is 0 Å². The van der Waals surface area contributed by atoms with E-state index < -0.39 is 0 Å². The normalized spacial score (nSPS) is 14.6. The molecule has 0 N–H and O–H groups in total. The maximum atomic E-state index is 6.25. The van der Waals surface area contributed by atoms with Crippen LogP contribution >= 0.6 is 46.4 Å². The summed E-state index contributed by atoms with van der Waals surface area (Å²) in [5, 5.41) is 4.78. The van der Waals surface area contributed by atoms with Gasteiger partial charge in [-0.3, -0.25) is 0 Å². The Labute approximate surface area is 204 Å². The van der Waals surface area contributed by atoms with E-state index in [4.69, 9.17) is 65.5 Å². The van der Waals surface area contributed by atoms with Crippen molar-refractivity contribution < 1.29 is 19.0 Å². The quantitative estimate of drug-likeness (QED) is 0.146. The Hall–Kier alpha value is -0.850. The van der Waals surface area contributed by atoms with Crippen molar-refractivity contribution in [2.75, 3.05) is 26.4 Å². The Kier molecular flexibility index (Phi) is 13.5. The zero-order valence-electron chi connectivity index (χ0n) is 17.5. The summed E-state index contributed by atoms with van der Waals surface area (Å²) < 4.78 is 16.9. The van der Waals surface area contributed by atoms with E-state index in [-0.39, 0.29) is 17.2 Å². The summed E-state index contributed by atoms with van der Waals surface area (Å²) in [6.07, 6.45) is 12.3. The van der Waals surface area contributed by atoms with Gasteiger partial charge in [-0.25, -0.2) is 0 Å². The third-order valence-corrected chi connectivity index (χ3v) is 5.54. The summed E-state index contributed by atoms with van der Waals surface area (Å²) in [6, 6.07) is 3.29. The van der Waals surface area contributed by atoms with Crippen LogP contribution in [0.2, 0.25) is 10.0 Å². The molecule has 5 nitrogen and oxygen atoms in total. The number of halogens is 4. The first-order chi connectivity index (χ1) is 15.1. The zero-order valence-corrected chi connectivity index (χ0v) is 20.5. The SMILES string of the molecule is ClC(Cl)=CCOc1cc(Cl)c(OCCCCCOCC=NOC2CCCCC2)c(Cl)c1. The number of hydrogen-bond donors (Lipinski definition) is 0. The molecule has 0 atom stereocenters. The van der Waals surface area contributed by atoms with Crippen LogP contribution in [0.5, 0.6) is 11.5 Å². The van der Waals surface area contributed by atoms with Gasteiger partial charge in [0, 0.05) is 18.7 Å². The molecule has 174 valence electrons. The van der Waals surface area contributed by atoms with Gasteiger partial charge in [-0.1, -0.05) is 58.0 Å². The molecule has 0 aromatic heterocycles. The van der Waals surface area contributed by atoms with Crippen LogP contribution in [0.3, 0.4) is 0 Å². The summed E-state index contributed by atoms with van der Waals surface area (Å²) >= 11 is 23.6. The van der Waals surface area contributed by atoms with Crippen LogP contribution in [-0.4, -0.2) is 38.7 Å². The van der Waals surface area contributed by atoms with Crippen LogP contribution in [0, 0.1) is 0 Å². The number of unbranched alkanes of at least 4 members (excludes halogenated alkanes) is 2. The molecule has 0 amide bonds. The average Bonchev–Trinajstić information content (AvgIpc) is 2.74. The first-order valence-electron chi connectivity index (χ1n) is 10.6.